The minimum absolute atomic E-state index is 0.991. The fraction of sp³-hybridized carbons (Fsp3) is 0.600. The van der Waals surface area contributed by atoms with Crippen LogP contribution in [0.3, 0.4) is 0 Å². The van der Waals surface area contributed by atoms with Crippen LogP contribution in [0, 0.1) is 11.8 Å². The lowest BCUT2D eigenvalue weighted by Crippen LogP contribution is -2.13. The maximum atomic E-state index is 2.37. The molecular formula is C20H30. The predicted molar refractivity (Wildman–Crippen MR) is 89.8 cm³/mol. The third-order valence-corrected chi connectivity index (χ3v) is 4.98. The van der Waals surface area contributed by atoms with Crippen molar-refractivity contribution in [3.63, 3.8) is 0 Å². The molecule has 0 bridgehead atoms. The SMILES string of the molecule is CCc1ccc(/C=C\CCC2CCC(CC)CC2)cc1. The van der Waals surface area contributed by atoms with Gasteiger partial charge in [-0.25, -0.2) is 0 Å². The molecule has 0 amide bonds. The fourth-order valence-corrected chi connectivity index (χ4v) is 3.34. The molecule has 0 saturated heterocycles. The Morgan fingerprint density at radius 1 is 0.950 bits per heavy atom. The summed E-state index contributed by atoms with van der Waals surface area (Å²) in [5.41, 5.74) is 2.77. The lowest BCUT2D eigenvalue weighted by Gasteiger charge is -2.27. The molecule has 2 rings (SSSR count). The number of benzene rings is 1. The maximum absolute atomic E-state index is 2.37. The quantitative estimate of drug-likeness (QED) is 0.572. The molecule has 1 aliphatic carbocycles. The second-order valence-corrected chi connectivity index (χ2v) is 6.37. The Labute approximate surface area is 125 Å². The highest BCUT2D eigenvalue weighted by atomic mass is 14.2. The van der Waals surface area contributed by atoms with Crippen molar-refractivity contribution in [2.75, 3.05) is 0 Å². The fourth-order valence-electron chi connectivity index (χ4n) is 3.34. The van der Waals surface area contributed by atoms with E-state index < -0.39 is 0 Å². The van der Waals surface area contributed by atoms with Gasteiger partial charge in [0, 0.05) is 0 Å². The molecule has 0 radical (unpaired) electrons. The van der Waals surface area contributed by atoms with E-state index in [0.29, 0.717) is 0 Å². The molecule has 0 unspecified atom stereocenters. The van der Waals surface area contributed by atoms with Gasteiger partial charge in [-0.05, 0) is 42.2 Å². The summed E-state index contributed by atoms with van der Waals surface area (Å²) < 4.78 is 0. The standard InChI is InChI=1S/C20H30/c1-3-17-9-13-19(14-10-17)7-5-6-8-20-15-11-18(4-2)12-16-20/h5,7,9-10,13-14,18,20H,3-4,6,8,11-12,15-16H2,1-2H3/b7-5-. The van der Waals surface area contributed by atoms with E-state index in [9.17, 15) is 0 Å². The van der Waals surface area contributed by atoms with E-state index in [2.05, 4.69) is 50.3 Å². The van der Waals surface area contributed by atoms with Crippen LogP contribution in [0.25, 0.3) is 6.08 Å². The Bertz CT molecular complexity index is 391. The number of rotatable bonds is 6. The topological polar surface area (TPSA) is 0 Å². The monoisotopic (exact) mass is 270 g/mol. The van der Waals surface area contributed by atoms with Gasteiger partial charge in [0.1, 0.15) is 0 Å². The summed E-state index contributed by atoms with van der Waals surface area (Å²) in [5, 5.41) is 0. The molecule has 0 nitrogen and oxygen atoms in total. The van der Waals surface area contributed by atoms with Gasteiger partial charge < -0.3 is 0 Å². The van der Waals surface area contributed by atoms with Crippen LogP contribution in [0.5, 0.6) is 0 Å². The molecule has 20 heavy (non-hydrogen) atoms. The van der Waals surface area contributed by atoms with Crippen LogP contribution in [0.2, 0.25) is 0 Å². The van der Waals surface area contributed by atoms with Crippen molar-refractivity contribution in [2.45, 2.75) is 65.2 Å². The van der Waals surface area contributed by atoms with Crippen molar-refractivity contribution in [2.24, 2.45) is 11.8 Å². The zero-order valence-corrected chi connectivity index (χ0v) is 13.3. The molecule has 0 heterocycles. The van der Waals surface area contributed by atoms with Crippen LogP contribution >= 0.6 is 0 Å². The van der Waals surface area contributed by atoms with Crippen molar-refractivity contribution < 1.29 is 0 Å². The molecular weight excluding hydrogens is 240 g/mol. The van der Waals surface area contributed by atoms with Crippen LogP contribution in [0.15, 0.2) is 30.3 Å². The largest absolute Gasteiger partial charge is 0.0839 e. The van der Waals surface area contributed by atoms with Gasteiger partial charge in [-0.3, -0.25) is 0 Å². The summed E-state index contributed by atoms with van der Waals surface area (Å²) in [6, 6.07) is 8.96. The summed E-state index contributed by atoms with van der Waals surface area (Å²) in [7, 11) is 0. The van der Waals surface area contributed by atoms with Crippen molar-refractivity contribution in [1.29, 1.82) is 0 Å². The smallest absolute Gasteiger partial charge is 0.0260 e. The van der Waals surface area contributed by atoms with E-state index in [1.807, 2.05) is 0 Å². The molecule has 0 spiro atoms. The summed E-state index contributed by atoms with van der Waals surface area (Å²) in [4.78, 5) is 0. The molecule has 0 atom stereocenters. The summed E-state index contributed by atoms with van der Waals surface area (Å²) in [6.45, 7) is 4.55. The minimum Gasteiger partial charge on any atom is -0.0839 e. The molecule has 0 aromatic heterocycles. The first-order chi connectivity index (χ1) is 9.81. The molecule has 1 fully saturated rings. The molecule has 1 aromatic rings. The van der Waals surface area contributed by atoms with Crippen molar-refractivity contribution >= 4 is 6.08 Å². The van der Waals surface area contributed by atoms with Gasteiger partial charge in [-0.1, -0.05) is 82.4 Å². The van der Waals surface area contributed by atoms with Gasteiger partial charge >= 0.3 is 0 Å². The average molecular weight is 270 g/mol. The second-order valence-electron chi connectivity index (χ2n) is 6.37. The maximum Gasteiger partial charge on any atom is -0.0260 e. The first kappa shape index (κ1) is 15.4. The molecule has 1 aromatic carbocycles. The molecule has 0 heteroatoms. The third-order valence-electron chi connectivity index (χ3n) is 4.98. The zero-order valence-electron chi connectivity index (χ0n) is 13.3. The molecule has 110 valence electrons. The van der Waals surface area contributed by atoms with Gasteiger partial charge in [0.05, 0.1) is 0 Å². The van der Waals surface area contributed by atoms with Gasteiger partial charge in [-0.15, -0.1) is 0 Å². The van der Waals surface area contributed by atoms with Gasteiger partial charge in [0.25, 0.3) is 0 Å². The van der Waals surface area contributed by atoms with Crippen molar-refractivity contribution in [3.05, 3.63) is 41.5 Å². The number of aryl methyl sites for hydroxylation is 1. The lowest BCUT2D eigenvalue weighted by atomic mass is 9.79. The normalized spacial score (nSPS) is 23.3. The van der Waals surface area contributed by atoms with E-state index in [4.69, 9.17) is 0 Å². The third kappa shape index (κ3) is 4.81. The van der Waals surface area contributed by atoms with Gasteiger partial charge in [0.15, 0.2) is 0 Å². The minimum atomic E-state index is 0.991. The average Bonchev–Trinajstić information content (AvgIpc) is 2.53. The van der Waals surface area contributed by atoms with Gasteiger partial charge in [-0.2, -0.15) is 0 Å². The number of hydrogen-bond donors (Lipinski definition) is 0. The zero-order chi connectivity index (χ0) is 14.2. The first-order valence-electron chi connectivity index (χ1n) is 8.57. The van der Waals surface area contributed by atoms with Crippen LogP contribution in [-0.4, -0.2) is 0 Å². The summed E-state index contributed by atoms with van der Waals surface area (Å²) in [6.07, 6.45) is 15.7. The molecule has 1 aliphatic rings. The lowest BCUT2D eigenvalue weighted by molar-refractivity contribution is 0.260. The Balaban J connectivity index is 1.68. The second kappa shape index (κ2) is 8.29. The number of hydrogen-bond acceptors (Lipinski definition) is 0. The number of allylic oxidation sites excluding steroid dienone is 1. The Hall–Kier alpha value is -1.04. The molecule has 0 N–H and O–H groups in total. The van der Waals surface area contributed by atoms with E-state index in [0.717, 1.165) is 18.3 Å². The summed E-state index contributed by atoms with van der Waals surface area (Å²) in [5.74, 6) is 2.02. The van der Waals surface area contributed by atoms with Crippen molar-refractivity contribution in [1.82, 2.24) is 0 Å². The highest BCUT2D eigenvalue weighted by Crippen LogP contribution is 2.33. The van der Waals surface area contributed by atoms with E-state index >= 15 is 0 Å². The highest BCUT2D eigenvalue weighted by Gasteiger charge is 2.18. The molecule has 0 aliphatic heterocycles. The predicted octanol–water partition coefficient (Wildman–Crippen LogP) is 6.26. The van der Waals surface area contributed by atoms with E-state index in [1.54, 1.807) is 0 Å². The van der Waals surface area contributed by atoms with Crippen molar-refractivity contribution in [3.8, 4) is 0 Å². The van der Waals surface area contributed by atoms with Crippen LogP contribution in [-0.2, 0) is 6.42 Å². The van der Waals surface area contributed by atoms with E-state index in [1.165, 1.54) is 56.1 Å². The Morgan fingerprint density at radius 2 is 1.60 bits per heavy atom. The Morgan fingerprint density at radius 3 is 2.20 bits per heavy atom. The van der Waals surface area contributed by atoms with Gasteiger partial charge in [0.2, 0.25) is 0 Å². The van der Waals surface area contributed by atoms with Crippen LogP contribution < -0.4 is 0 Å². The summed E-state index contributed by atoms with van der Waals surface area (Å²) >= 11 is 0. The van der Waals surface area contributed by atoms with Crippen LogP contribution in [0.4, 0.5) is 0 Å². The molecule has 1 saturated carbocycles. The Kier molecular flexibility index (Phi) is 6.36. The first-order valence-corrected chi connectivity index (χ1v) is 8.57. The van der Waals surface area contributed by atoms with E-state index in [-0.39, 0.29) is 0 Å². The highest BCUT2D eigenvalue weighted by molar-refractivity contribution is 5.49. The van der Waals surface area contributed by atoms with Crippen LogP contribution in [0.1, 0.15) is 69.9 Å².